The molecule has 0 aliphatic rings. The quantitative estimate of drug-likeness (QED) is 0.604. The molecule has 0 atom stereocenters. The van der Waals surface area contributed by atoms with Gasteiger partial charge < -0.3 is 9.72 Å². The Labute approximate surface area is 150 Å². The molecule has 0 saturated heterocycles. The third-order valence-corrected chi connectivity index (χ3v) is 4.29. The van der Waals surface area contributed by atoms with Crippen molar-refractivity contribution < 1.29 is 9.53 Å². The maximum atomic E-state index is 12.3. The van der Waals surface area contributed by atoms with Gasteiger partial charge in [-0.2, -0.15) is 0 Å². The number of rotatable bonds is 3. The Morgan fingerprint density at radius 1 is 1.00 bits per heavy atom. The van der Waals surface area contributed by atoms with Crippen LogP contribution in [0.4, 0.5) is 0 Å². The van der Waals surface area contributed by atoms with E-state index in [2.05, 4.69) is 4.98 Å². The van der Waals surface area contributed by atoms with Gasteiger partial charge in [-0.05, 0) is 41.8 Å². The maximum absolute atomic E-state index is 12.3. The Kier molecular flexibility index (Phi) is 4.65. The first-order chi connectivity index (χ1) is 11.5. The fraction of sp³-hybridized carbons (Fsp3) is 0.105. The minimum atomic E-state index is -0.439. The van der Waals surface area contributed by atoms with Crippen LogP contribution in [0.3, 0.4) is 0 Å². The van der Waals surface area contributed by atoms with Crippen molar-refractivity contribution in [2.75, 3.05) is 7.11 Å². The first-order valence-corrected chi connectivity index (χ1v) is 8.09. The van der Waals surface area contributed by atoms with E-state index in [1.165, 1.54) is 7.11 Å². The number of hydrogen-bond donors (Lipinski definition) is 1. The van der Waals surface area contributed by atoms with Crippen LogP contribution >= 0.6 is 23.2 Å². The first-order valence-electron chi connectivity index (χ1n) is 7.34. The Bertz CT molecular complexity index is 881. The van der Waals surface area contributed by atoms with Gasteiger partial charge in [0.25, 0.3) is 0 Å². The molecular weight excluding hydrogens is 345 g/mol. The van der Waals surface area contributed by atoms with Crippen LogP contribution in [0.2, 0.25) is 10.0 Å². The lowest BCUT2D eigenvalue weighted by molar-refractivity contribution is 0.0596. The molecule has 0 spiro atoms. The number of aromatic amines is 1. The van der Waals surface area contributed by atoms with Gasteiger partial charge in [-0.15, -0.1) is 0 Å². The summed E-state index contributed by atoms with van der Waals surface area (Å²) in [6.07, 6.45) is 0. The van der Waals surface area contributed by atoms with E-state index in [4.69, 9.17) is 27.9 Å². The zero-order valence-corrected chi connectivity index (χ0v) is 14.7. The topological polar surface area (TPSA) is 42.1 Å². The fourth-order valence-corrected chi connectivity index (χ4v) is 3.33. The average molecular weight is 360 g/mol. The molecule has 1 heterocycles. The number of hydrogen-bond acceptors (Lipinski definition) is 2. The number of ether oxygens (including phenoxy) is 1. The summed E-state index contributed by atoms with van der Waals surface area (Å²) in [5.74, 6) is -0.439. The molecule has 3 aromatic rings. The van der Waals surface area contributed by atoms with E-state index in [1.807, 2.05) is 37.3 Å². The van der Waals surface area contributed by atoms with E-state index >= 15 is 0 Å². The lowest BCUT2D eigenvalue weighted by Crippen LogP contribution is -2.03. The van der Waals surface area contributed by atoms with E-state index in [0.717, 1.165) is 27.9 Å². The Morgan fingerprint density at radius 2 is 1.62 bits per heavy atom. The summed E-state index contributed by atoms with van der Waals surface area (Å²) in [4.78, 5) is 15.4. The Balaban J connectivity index is 2.27. The van der Waals surface area contributed by atoms with Crippen LogP contribution in [0, 0.1) is 6.92 Å². The number of esters is 1. The van der Waals surface area contributed by atoms with E-state index in [9.17, 15) is 4.79 Å². The van der Waals surface area contributed by atoms with Crippen LogP contribution in [-0.2, 0) is 4.74 Å². The minimum Gasteiger partial charge on any atom is -0.464 e. The van der Waals surface area contributed by atoms with Crippen LogP contribution in [0.25, 0.3) is 22.4 Å². The highest BCUT2D eigenvalue weighted by Crippen LogP contribution is 2.37. The van der Waals surface area contributed by atoms with Gasteiger partial charge in [0, 0.05) is 21.3 Å². The number of carbonyl (C=O) groups excluding carboxylic acids is 1. The van der Waals surface area contributed by atoms with Crippen molar-refractivity contribution in [2.24, 2.45) is 0 Å². The molecule has 122 valence electrons. The Hall–Kier alpha value is -2.23. The predicted molar refractivity (Wildman–Crippen MR) is 97.8 cm³/mol. The van der Waals surface area contributed by atoms with Crippen molar-refractivity contribution in [3.63, 3.8) is 0 Å². The number of nitrogens with one attached hydrogen (secondary N) is 1. The van der Waals surface area contributed by atoms with Crippen molar-refractivity contribution in [3.8, 4) is 22.4 Å². The molecule has 5 heteroatoms. The van der Waals surface area contributed by atoms with Crippen LogP contribution in [-0.4, -0.2) is 18.1 Å². The summed E-state index contributed by atoms with van der Waals surface area (Å²) in [5.41, 5.74) is 4.67. The smallest absolute Gasteiger partial charge is 0.355 e. The fourth-order valence-electron chi connectivity index (χ4n) is 2.80. The number of aromatic nitrogens is 1. The third-order valence-electron chi connectivity index (χ3n) is 3.85. The molecule has 0 aliphatic carbocycles. The van der Waals surface area contributed by atoms with Gasteiger partial charge in [0.15, 0.2) is 0 Å². The Morgan fingerprint density at radius 3 is 2.21 bits per heavy atom. The van der Waals surface area contributed by atoms with Crippen LogP contribution < -0.4 is 0 Å². The molecule has 2 aromatic carbocycles. The van der Waals surface area contributed by atoms with Crippen LogP contribution in [0.15, 0.2) is 48.5 Å². The molecule has 0 saturated carbocycles. The first kappa shape index (κ1) is 16.6. The summed E-state index contributed by atoms with van der Waals surface area (Å²) in [6.45, 7) is 1.95. The molecular formula is C19H15Cl2NO2. The van der Waals surface area contributed by atoms with Crippen molar-refractivity contribution in [3.05, 3.63) is 69.8 Å². The number of methoxy groups -OCH3 is 1. The van der Waals surface area contributed by atoms with Crippen LogP contribution in [0.5, 0.6) is 0 Å². The monoisotopic (exact) mass is 359 g/mol. The molecule has 24 heavy (non-hydrogen) atoms. The van der Waals surface area contributed by atoms with Crippen LogP contribution in [0.1, 0.15) is 16.1 Å². The van der Waals surface area contributed by atoms with Gasteiger partial charge in [0.1, 0.15) is 5.69 Å². The van der Waals surface area contributed by atoms with E-state index in [-0.39, 0.29) is 0 Å². The number of carbonyl (C=O) groups is 1. The lowest BCUT2D eigenvalue weighted by Gasteiger charge is -2.06. The molecule has 0 unspecified atom stereocenters. The highest BCUT2D eigenvalue weighted by molar-refractivity contribution is 6.35. The molecule has 3 nitrogen and oxygen atoms in total. The highest BCUT2D eigenvalue weighted by Gasteiger charge is 2.22. The van der Waals surface area contributed by atoms with Gasteiger partial charge in [-0.3, -0.25) is 0 Å². The van der Waals surface area contributed by atoms with Gasteiger partial charge in [0.05, 0.1) is 7.11 Å². The molecule has 0 aliphatic heterocycles. The zero-order valence-electron chi connectivity index (χ0n) is 13.2. The van der Waals surface area contributed by atoms with Crippen molar-refractivity contribution >= 4 is 29.2 Å². The maximum Gasteiger partial charge on any atom is 0.355 e. The molecule has 1 N–H and O–H groups in total. The van der Waals surface area contributed by atoms with Crippen molar-refractivity contribution in [1.82, 2.24) is 4.98 Å². The summed E-state index contributed by atoms with van der Waals surface area (Å²) in [5, 5.41) is 1.02. The van der Waals surface area contributed by atoms with E-state index in [1.54, 1.807) is 18.2 Å². The van der Waals surface area contributed by atoms with Gasteiger partial charge in [-0.25, -0.2) is 4.79 Å². The standard InChI is InChI=1S/C19H15Cl2NO2/c1-11-16(13-8-14(20)10-15(21)9-13)18(19(23)24-2)22-17(11)12-6-4-3-5-7-12/h3-10,22H,1-2H3. The van der Waals surface area contributed by atoms with E-state index in [0.29, 0.717) is 15.7 Å². The SMILES string of the molecule is COC(=O)c1[nH]c(-c2ccccc2)c(C)c1-c1cc(Cl)cc(Cl)c1. The van der Waals surface area contributed by atoms with Gasteiger partial charge in [0.2, 0.25) is 0 Å². The molecule has 1 aromatic heterocycles. The minimum absolute atomic E-state index is 0.382. The average Bonchev–Trinajstić information content (AvgIpc) is 2.91. The lowest BCUT2D eigenvalue weighted by atomic mass is 9.99. The summed E-state index contributed by atoms with van der Waals surface area (Å²) >= 11 is 12.3. The molecule has 0 fully saturated rings. The summed E-state index contributed by atoms with van der Waals surface area (Å²) < 4.78 is 4.93. The molecule has 0 bridgehead atoms. The van der Waals surface area contributed by atoms with Crippen molar-refractivity contribution in [1.29, 1.82) is 0 Å². The second-order valence-electron chi connectivity index (χ2n) is 5.39. The largest absolute Gasteiger partial charge is 0.464 e. The zero-order chi connectivity index (χ0) is 17.3. The second-order valence-corrected chi connectivity index (χ2v) is 6.26. The predicted octanol–water partition coefficient (Wildman–Crippen LogP) is 5.75. The molecule has 0 radical (unpaired) electrons. The summed E-state index contributed by atoms with van der Waals surface area (Å²) in [7, 11) is 1.36. The van der Waals surface area contributed by atoms with Gasteiger partial charge >= 0.3 is 5.97 Å². The van der Waals surface area contributed by atoms with Gasteiger partial charge in [-0.1, -0.05) is 53.5 Å². The normalized spacial score (nSPS) is 10.7. The number of H-pyrrole nitrogens is 1. The number of halogens is 2. The summed E-state index contributed by atoms with van der Waals surface area (Å²) in [6, 6.07) is 15.0. The molecule has 3 rings (SSSR count). The number of benzene rings is 2. The molecule has 0 amide bonds. The highest BCUT2D eigenvalue weighted by atomic mass is 35.5. The third kappa shape index (κ3) is 3.05. The second kappa shape index (κ2) is 6.71. The van der Waals surface area contributed by atoms with Crippen molar-refractivity contribution in [2.45, 2.75) is 6.92 Å². The van der Waals surface area contributed by atoms with E-state index < -0.39 is 5.97 Å².